The van der Waals surface area contributed by atoms with Crippen LogP contribution >= 0.6 is 11.3 Å². The molecule has 2 heterocycles. The van der Waals surface area contributed by atoms with Gasteiger partial charge in [-0.3, -0.25) is 9.59 Å². The van der Waals surface area contributed by atoms with Crippen LogP contribution in [-0.2, 0) is 22.3 Å². The van der Waals surface area contributed by atoms with Crippen LogP contribution in [0.3, 0.4) is 0 Å². The monoisotopic (exact) mass is 442 g/mol. The quantitative estimate of drug-likeness (QED) is 0.511. The highest BCUT2D eigenvalue weighted by Crippen LogP contribution is 2.37. The Kier molecular flexibility index (Phi) is 5.41. The van der Waals surface area contributed by atoms with Crippen molar-refractivity contribution in [1.82, 2.24) is 4.90 Å². The van der Waals surface area contributed by atoms with Gasteiger partial charge in [0.25, 0.3) is 11.8 Å². The van der Waals surface area contributed by atoms with E-state index in [-0.39, 0.29) is 17.0 Å². The minimum Gasteiger partial charge on any atom is -0.365 e. The van der Waals surface area contributed by atoms with Crippen LogP contribution in [0.4, 0.5) is 18.9 Å². The maximum atomic E-state index is 13.3. The van der Waals surface area contributed by atoms with Gasteiger partial charge in [0.15, 0.2) is 0 Å². The van der Waals surface area contributed by atoms with Gasteiger partial charge in [-0.05, 0) is 41.3 Å². The molecule has 3 aromatic rings. The number of alkyl halides is 3. The molecule has 4 rings (SSSR count). The molecule has 0 bridgehead atoms. The van der Waals surface area contributed by atoms with Gasteiger partial charge in [0, 0.05) is 18.5 Å². The van der Waals surface area contributed by atoms with Crippen molar-refractivity contribution in [3.05, 3.63) is 93.8 Å². The van der Waals surface area contributed by atoms with E-state index in [1.165, 1.54) is 11.3 Å². The summed E-state index contributed by atoms with van der Waals surface area (Å²) in [5, 5.41) is 1.80. The molecule has 0 radical (unpaired) electrons. The third-order valence-electron chi connectivity index (χ3n) is 4.92. The number of thiophene rings is 1. The van der Waals surface area contributed by atoms with Gasteiger partial charge in [0.2, 0.25) is 0 Å². The predicted molar refractivity (Wildman–Crippen MR) is 113 cm³/mol. The van der Waals surface area contributed by atoms with Crippen LogP contribution < -0.4 is 4.90 Å². The maximum absolute atomic E-state index is 13.3. The highest BCUT2D eigenvalue weighted by molar-refractivity contribution is 7.11. The first-order valence-electron chi connectivity index (χ1n) is 9.36. The Labute approximate surface area is 180 Å². The van der Waals surface area contributed by atoms with Crippen LogP contribution in [-0.4, -0.2) is 23.8 Å². The van der Waals surface area contributed by atoms with Crippen LogP contribution in [0.15, 0.2) is 77.8 Å². The summed E-state index contributed by atoms with van der Waals surface area (Å²) in [6.45, 7) is 0.394. The summed E-state index contributed by atoms with van der Waals surface area (Å²) < 4.78 is 38.7. The first-order chi connectivity index (χ1) is 14.8. The third-order valence-corrected chi connectivity index (χ3v) is 5.81. The van der Waals surface area contributed by atoms with E-state index in [1.54, 1.807) is 29.5 Å². The van der Waals surface area contributed by atoms with Gasteiger partial charge in [-0.15, -0.1) is 11.3 Å². The number of anilines is 1. The lowest BCUT2D eigenvalue weighted by Gasteiger charge is -2.21. The van der Waals surface area contributed by atoms with Gasteiger partial charge < -0.3 is 4.90 Å². The normalized spacial score (nSPS) is 14.5. The highest BCUT2D eigenvalue weighted by Gasteiger charge is 2.42. The molecule has 8 heteroatoms. The largest absolute Gasteiger partial charge is 0.416 e. The van der Waals surface area contributed by atoms with E-state index in [2.05, 4.69) is 0 Å². The Morgan fingerprint density at radius 3 is 2.16 bits per heavy atom. The van der Waals surface area contributed by atoms with Gasteiger partial charge >= 0.3 is 6.18 Å². The van der Waals surface area contributed by atoms with Crippen molar-refractivity contribution >= 4 is 34.4 Å². The summed E-state index contributed by atoms with van der Waals surface area (Å²) in [4.78, 5) is 29.9. The van der Waals surface area contributed by atoms with E-state index < -0.39 is 23.6 Å². The lowest BCUT2D eigenvalue weighted by molar-refractivity contribution is -0.137. The van der Waals surface area contributed by atoms with Crippen molar-refractivity contribution < 1.29 is 22.8 Å². The zero-order chi connectivity index (χ0) is 22.2. The molecule has 0 spiro atoms. The number of halogens is 3. The van der Waals surface area contributed by atoms with E-state index in [0.29, 0.717) is 11.4 Å². The zero-order valence-electron chi connectivity index (χ0n) is 16.4. The number of amides is 2. The predicted octanol–water partition coefficient (Wildman–Crippen LogP) is 5.18. The topological polar surface area (TPSA) is 40.6 Å². The van der Waals surface area contributed by atoms with E-state index in [9.17, 15) is 22.8 Å². The minimum absolute atomic E-state index is 0.0974. The number of hydrogen-bond acceptors (Lipinski definition) is 4. The van der Waals surface area contributed by atoms with Gasteiger partial charge in [0.05, 0.1) is 16.8 Å². The lowest BCUT2D eigenvalue weighted by atomic mass is 10.1. The summed E-state index contributed by atoms with van der Waals surface area (Å²) in [6, 6.07) is 17.0. The van der Waals surface area contributed by atoms with Crippen molar-refractivity contribution in [3.8, 4) is 0 Å². The van der Waals surface area contributed by atoms with Gasteiger partial charge in [-0.2, -0.15) is 13.2 Å². The lowest BCUT2D eigenvalue weighted by Crippen LogP contribution is -2.34. The SMILES string of the molecule is CN(Cc1ccccc1)C1=C(c2cccs2)C(=O)N(c2ccc(C(F)(F)F)cc2)C1=O. The average Bonchev–Trinajstić information content (AvgIpc) is 3.34. The van der Waals surface area contributed by atoms with Crippen molar-refractivity contribution in [3.63, 3.8) is 0 Å². The smallest absolute Gasteiger partial charge is 0.365 e. The molecule has 0 saturated heterocycles. The van der Waals surface area contributed by atoms with Gasteiger partial charge in [-0.1, -0.05) is 36.4 Å². The molecule has 1 aromatic heterocycles. The molecule has 0 saturated carbocycles. The van der Waals surface area contributed by atoms with Crippen molar-refractivity contribution in [1.29, 1.82) is 0 Å². The number of imide groups is 1. The van der Waals surface area contributed by atoms with Crippen molar-refractivity contribution in [2.45, 2.75) is 12.7 Å². The van der Waals surface area contributed by atoms with Crippen LogP contribution in [0.1, 0.15) is 16.0 Å². The molecule has 1 aliphatic heterocycles. The molecular weight excluding hydrogens is 425 g/mol. The molecule has 2 amide bonds. The van der Waals surface area contributed by atoms with E-state index in [1.807, 2.05) is 30.3 Å². The average molecular weight is 442 g/mol. The molecule has 2 aromatic carbocycles. The Hall–Kier alpha value is -3.39. The second kappa shape index (κ2) is 8.03. The number of benzene rings is 2. The molecule has 4 nitrogen and oxygen atoms in total. The molecule has 158 valence electrons. The minimum atomic E-state index is -4.50. The number of carbonyl (C=O) groups excluding carboxylic acids is 2. The fourth-order valence-electron chi connectivity index (χ4n) is 3.49. The standard InChI is InChI=1S/C23H17F3N2O2S/c1-27(14-15-6-3-2-4-7-15)20-19(18-8-5-13-31-18)21(29)28(22(20)30)17-11-9-16(10-12-17)23(24,25)26/h2-13H,14H2,1H3. The second-order valence-corrected chi connectivity index (χ2v) is 7.98. The first kappa shape index (κ1) is 20.9. The van der Waals surface area contributed by atoms with Crippen molar-refractivity contribution in [2.75, 3.05) is 11.9 Å². The van der Waals surface area contributed by atoms with E-state index >= 15 is 0 Å². The van der Waals surface area contributed by atoms with Gasteiger partial charge in [0.1, 0.15) is 5.70 Å². The summed E-state index contributed by atoms with van der Waals surface area (Å²) in [6.07, 6.45) is -4.50. The van der Waals surface area contributed by atoms with Crippen molar-refractivity contribution in [2.24, 2.45) is 0 Å². The van der Waals surface area contributed by atoms with Crippen LogP contribution in [0.25, 0.3) is 5.57 Å². The third kappa shape index (κ3) is 3.98. The van der Waals surface area contributed by atoms with Crippen LogP contribution in [0, 0.1) is 0 Å². The Balaban J connectivity index is 1.73. The number of likely N-dealkylation sites (N-methyl/N-ethyl adjacent to an activating group) is 1. The number of nitrogens with zero attached hydrogens (tertiary/aromatic N) is 2. The van der Waals surface area contributed by atoms with Gasteiger partial charge in [-0.25, -0.2) is 4.90 Å². The Morgan fingerprint density at radius 1 is 0.903 bits per heavy atom. The Morgan fingerprint density at radius 2 is 1.58 bits per heavy atom. The molecule has 0 N–H and O–H groups in total. The summed E-state index contributed by atoms with van der Waals surface area (Å²) in [5.41, 5.74) is 0.675. The number of hydrogen-bond donors (Lipinski definition) is 0. The zero-order valence-corrected chi connectivity index (χ0v) is 17.2. The highest BCUT2D eigenvalue weighted by atomic mass is 32.1. The Bertz CT molecular complexity index is 1140. The summed E-state index contributed by atoms with van der Waals surface area (Å²) in [7, 11) is 1.72. The van der Waals surface area contributed by atoms with E-state index in [4.69, 9.17) is 0 Å². The summed E-state index contributed by atoms with van der Waals surface area (Å²) >= 11 is 1.32. The summed E-state index contributed by atoms with van der Waals surface area (Å²) in [5.74, 6) is -1.12. The fourth-order valence-corrected chi connectivity index (χ4v) is 4.25. The maximum Gasteiger partial charge on any atom is 0.416 e. The molecule has 0 fully saturated rings. The van der Waals surface area contributed by atoms with Crippen LogP contribution in [0.5, 0.6) is 0 Å². The molecule has 0 unspecified atom stereocenters. The number of carbonyl (C=O) groups is 2. The van der Waals surface area contributed by atoms with E-state index in [0.717, 1.165) is 34.7 Å². The van der Waals surface area contributed by atoms with Crippen LogP contribution in [0.2, 0.25) is 0 Å². The number of rotatable bonds is 5. The fraction of sp³-hybridized carbons (Fsp3) is 0.130. The molecule has 0 atom stereocenters. The molecule has 31 heavy (non-hydrogen) atoms. The first-order valence-corrected chi connectivity index (χ1v) is 10.2. The second-order valence-electron chi connectivity index (χ2n) is 7.03. The molecule has 0 aliphatic carbocycles. The molecular formula is C23H17F3N2O2S. The molecule has 1 aliphatic rings.